The molecule has 98 valence electrons. The second-order valence-electron chi connectivity index (χ2n) is 4.72. The van der Waals surface area contributed by atoms with E-state index in [1.165, 1.54) is 0 Å². The monoisotopic (exact) mass is 247 g/mol. The minimum absolute atomic E-state index is 0.424. The van der Waals surface area contributed by atoms with E-state index in [2.05, 4.69) is 19.2 Å². The van der Waals surface area contributed by atoms with Crippen molar-refractivity contribution in [2.45, 2.75) is 39.5 Å². The van der Waals surface area contributed by atoms with Gasteiger partial charge in [0.1, 0.15) is 0 Å². The normalized spacial score (nSPS) is 10.4. The van der Waals surface area contributed by atoms with Crippen LogP contribution in [0.4, 0.5) is 0 Å². The predicted molar refractivity (Wildman–Crippen MR) is 72.8 cm³/mol. The third-order valence-electron chi connectivity index (χ3n) is 2.86. The minimum atomic E-state index is -0.513. The molecule has 0 fully saturated rings. The average molecular weight is 247 g/mol. The molecule has 0 heterocycles. The summed E-state index contributed by atoms with van der Waals surface area (Å²) in [5, 5.41) is 2.63. The number of Topliss-reactive ketones (excluding diaryl/α,β-unsaturated/α-hetero) is 1. The Balaban J connectivity index is 2.63. The van der Waals surface area contributed by atoms with E-state index in [0.717, 1.165) is 18.4 Å². The highest BCUT2D eigenvalue weighted by Gasteiger charge is 2.15. The molecule has 0 atom stereocenters. The predicted octanol–water partition coefficient (Wildman–Crippen LogP) is 2.91. The van der Waals surface area contributed by atoms with Crippen LogP contribution in [0.5, 0.6) is 0 Å². The van der Waals surface area contributed by atoms with Gasteiger partial charge in [-0.2, -0.15) is 0 Å². The summed E-state index contributed by atoms with van der Waals surface area (Å²) < 4.78 is 0. The van der Waals surface area contributed by atoms with E-state index in [1.54, 1.807) is 12.1 Å². The molecule has 1 N–H and O–H groups in total. The molecular formula is C15H21NO2. The van der Waals surface area contributed by atoms with Crippen LogP contribution in [0, 0.1) is 0 Å². The van der Waals surface area contributed by atoms with Gasteiger partial charge in [-0.25, -0.2) is 0 Å². The molecule has 0 radical (unpaired) electrons. The van der Waals surface area contributed by atoms with E-state index >= 15 is 0 Å². The first-order chi connectivity index (χ1) is 8.56. The molecule has 0 saturated heterocycles. The third kappa shape index (κ3) is 3.99. The number of carbonyl (C=O) groups is 2. The molecule has 0 aliphatic rings. The summed E-state index contributed by atoms with van der Waals surface area (Å²) >= 11 is 0. The van der Waals surface area contributed by atoms with Crippen LogP contribution in [0.25, 0.3) is 0 Å². The number of rotatable bonds is 6. The number of amides is 1. The van der Waals surface area contributed by atoms with Crippen molar-refractivity contribution in [1.29, 1.82) is 0 Å². The number of carbonyl (C=O) groups excluding carboxylic acids is 2. The Morgan fingerprint density at radius 1 is 1.17 bits per heavy atom. The Hall–Kier alpha value is -1.64. The fourth-order valence-electron chi connectivity index (χ4n) is 1.61. The summed E-state index contributed by atoms with van der Waals surface area (Å²) in [4.78, 5) is 23.4. The summed E-state index contributed by atoms with van der Waals surface area (Å²) in [6, 6.07) is 7.24. The van der Waals surface area contributed by atoms with Crippen molar-refractivity contribution in [1.82, 2.24) is 5.32 Å². The first kappa shape index (κ1) is 14.4. The van der Waals surface area contributed by atoms with E-state index in [0.29, 0.717) is 18.0 Å². The molecule has 0 aromatic heterocycles. The molecule has 3 heteroatoms. The fourth-order valence-corrected chi connectivity index (χ4v) is 1.61. The molecule has 3 nitrogen and oxygen atoms in total. The van der Waals surface area contributed by atoms with E-state index in [-0.39, 0.29) is 0 Å². The van der Waals surface area contributed by atoms with Gasteiger partial charge in [-0.15, -0.1) is 0 Å². The van der Waals surface area contributed by atoms with Gasteiger partial charge in [0.15, 0.2) is 0 Å². The van der Waals surface area contributed by atoms with Crippen LogP contribution in [0.3, 0.4) is 0 Å². The van der Waals surface area contributed by atoms with Crippen LogP contribution < -0.4 is 5.32 Å². The number of nitrogens with one attached hydrogen (secondary N) is 1. The van der Waals surface area contributed by atoms with Crippen molar-refractivity contribution in [2.24, 2.45) is 0 Å². The molecule has 0 saturated carbocycles. The lowest BCUT2D eigenvalue weighted by Crippen LogP contribution is -2.31. The van der Waals surface area contributed by atoms with Crippen molar-refractivity contribution in [2.75, 3.05) is 6.54 Å². The Labute approximate surface area is 109 Å². The fraction of sp³-hybridized carbons (Fsp3) is 0.467. The van der Waals surface area contributed by atoms with E-state index in [4.69, 9.17) is 0 Å². The first-order valence-electron chi connectivity index (χ1n) is 6.48. The molecule has 1 aromatic carbocycles. The van der Waals surface area contributed by atoms with Crippen molar-refractivity contribution in [3.8, 4) is 0 Å². The van der Waals surface area contributed by atoms with Gasteiger partial charge in [0.2, 0.25) is 5.78 Å². The molecule has 1 aromatic rings. The third-order valence-corrected chi connectivity index (χ3v) is 2.86. The van der Waals surface area contributed by atoms with Gasteiger partial charge in [-0.1, -0.05) is 51.5 Å². The van der Waals surface area contributed by atoms with Crippen LogP contribution in [0.15, 0.2) is 24.3 Å². The lowest BCUT2D eigenvalue weighted by molar-refractivity contribution is -0.117. The number of unbranched alkanes of at least 4 members (excludes halogenated alkanes) is 1. The largest absolute Gasteiger partial charge is 0.349 e. The number of benzene rings is 1. The SMILES string of the molecule is CCCCNC(=O)C(=O)c1ccc(C(C)C)cc1. The van der Waals surface area contributed by atoms with Gasteiger partial charge >= 0.3 is 0 Å². The second-order valence-corrected chi connectivity index (χ2v) is 4.72. The summed E-state index contributed by atoms with van der Waals surface area (Å²) in [5.74, 6) is -0.547. The molecular weight excluding hydrogens is 226 g/mol. The quantitative estimate of drug-likeness (QED) is 0.477. The maximum Gasteiger partial charge on any atom is 0.292 e. The smallest absolute Gasteiger partial charge is 0.292 e. The van der Waals surface area contributed by atoms with Gasteiger partial charge in [0.25, 0.3) is 5.91 Å². The molecule has 18 heavy (non-hydrogen) atoms. The van der Waals surface area contributed by atoms with E-state index in [9.17, 15) is 9.59 Å². The maximum atomic E-state index is 11.8. The van der Waals surface area contributed by atoms with Crippen LogP contribution in [-0.2, 0) is 4.79 Å². The zero-order valence-corrected chi connectivity index (χ0v) is 11.3. The van der Waals surface area contributed by atoms with Gasteiger partial charge in [-0.05, 0) is 17.9 Å². The second kappa shape index (κ2) is 6.94. The van der Waals surface area contributed by atoms with Gasteiger partial charge in [0.05, 0.1) is 0 Å². The number of hydrogen-bond donors (Lipinski definition) is 1. The molecule has 1 amide bonds. The highest BCUT2D eigenvalue weighted by atomic mass is 16.2. The van der Waals surface area contributed by atoms with Gasteiger partial charge < -0.3 is 5.32 Å². The van der Waals surface area contributed by atoms with Crippen LogP contribution in [0.1, 0.15) is 55.5 Å². The van der Waals surface area contributed by atoms with Crippen LogP contribution in [0.2, 0.25) is 0 Å². The standard InChI is InChI=1S/C15H21NO2/c1-4-5-10-16-15(18)14(17)13-8-6-12(7-9-13)11(2)3/h6-9,11H,4-5,10H2,1-3H3,(H,16,18). The van der Waals surface area contributed by atoms with Gasteiger partial charge in [-0.3, -0.25) is 9.59 Å². The Morgan fingerprint density at radius 3 is 2.28 bits per heavy atom. The lowest BCUT2D eigenvalue weighted by atomic mass is 10.0. The molecule has 0 unspecified atom stereocenters. The van der Waals surface area contributed by atoms with Crippen LogP contribution >= 0.6 is 0 Å². The van der Waals surface area contributed by atoms with Crippen molar-refractivity contribution in [3.05, 3.63) is 35.4 Å². The lowest BCUT2D eigenvalue weighted by Gasteiger charge is -2.06. The molecule has 0 aliphatic carbocycles. The topological polar surface area (TPSA) is 46.2 Å². The molecule has 0 bridgehead atoms. The zero-order chi connectivity index (χ0) is 13.5. The Bertz CT molecular complexity index is 407. The first-order valence-corrected chi connectivity index (χ1v) is 6.48. The Kier molecular flexibility index (Phi) is 5.56. The zero-order valence-electron chi connectivity index (χ0n) is 11.3. The highest BCUT2D eigenvalue weighted by molar-refractivity contribution is 6.42. The summed E-state index contributed by atoms with van der Waals surface area (Å²) in [5.41, 5.74) is 1.62. The van der Waals surface area contributed by atoms with E-state index in [1.807, 2.05) is 19.1 Å². The molecule has 0 spiro atoms. The Morgan fingerprint density at radius 2 is 1.78 bits per heavy atom. The molecule has 1 rings (SSSR count). The van der Waals surface area contributed by atoms with Crippen LogP contribution in [-0.4, -0.2) is 18.2 Å². The molecule has 0 aliphatic heterocycles. The van der Waals surface area contributed by atoms with Crippen molar-refractivity contribution >= 4 is 11.7 Å². The maximum absolute atomic E-state index is 11.8. The summed E-state index contributed by atoms with van der Waals surface area (Å²) in [7, 11) is 0. The average Bonchev–Trinajstić information content (AvgIpc) is 2.38. The van der Waals surface area contributed by atoms with Crippen molar-refractivity contribution < 1.29 is 9.59 Å². The summed E-state index contributed by atoms with van der Waals surface area (Å²) in [6.45, 7) is 6.78. The van der Waals surface area contributed by atoms with Gasteiger partial charge in [0, 0.05) is 12.1 Å². The minimum Gasteiger partial charge on any atom is -0.349 e. The number of ketones is 1. The van der Waals surface area contributed by atoms with Crippen molar-refractivity contribution in [3.63, 3.8) is 0 Å². The van der Waals surface area contributed by atoms with E-state index < -0.39 is 11.7 Å². The summed E-state index contributed by atoms with van der Waals surface area (Å²) in [6.07, 6.45) is 1.89. The number of hydrogen-bond acceptors (Lipinski definition) is 2. The highest BCUT2D eigenvalue weighted by Crippen LogP contribution is 2.14.